The number of halogens is 3. The highest BCUT2D eigenvalue weighted by Gasteiger charge is 2.37. The first-order chi connectivity index (χ1) is 17.3. The summed E-state index contributed by atoms with van der Waals surface area (Å²) in [7, 11) is 0. The third-order valence-electron chi connectivity index (χ3n) is 6.27. The van der Waals surface area contributed by atoms with Crippen molar-refractivity contribution < 1.29 is 27.5 Å². The first kappa shape index (κ1) is 24.2. The van der Waals surface area contributed by atoms with Gasteiger partial charge in [-0.15, -0.1) is 11.3 Å². The van der Waals surface area contributed by atoms with Crippen LogP contribution in [0.1, 0.15) is 25.7 Å². The molecular formula is C24H22F3N5O3S. The summed E-state index contributed by atoms with van der Waals surface area (Å²) in [6.07, 6.45) is -1.82. The lowest BCUT2D eigenvalue weighted by Gasteiger charge is -2.48. The minimum absolute atomic E-state index is 0.0358. The van der Waals surface area contributed by atoms with Crippen LogP contribution in [0.5, 0.6) is 11.6 Å². The number of benzene rings is 1. The van der Waals surface area contributed by atoms with E-state index in [1.165, 1.54) is 23.5 Å². The van der Waals surface area contributed by atoms with Crippen molar-refractivity contribution in [3.05, 3.63) is 70.3 Å². The third-order valence-corrected chi connectivity index (χ3v) is 7.03. The number of carbonyl (C=O) groups excluding carboxylic acids is 2. The number of amides is 2. The molecule has 2 saturated heterocycles. The number of thiazole rings is 1. The van der Waals surface area contributed by atoms with Gasteiger partial charge in [0, 0.05) is 74.7 Å². The van der Waals surface area contributed by atoms with E-state index in [1.807, 2.05) is 4.90 Å². The van der Waals surface area contributed by atoms with Crippen molar-refractivity contribution in [1.82, 2.24) is 24.7 Å². The first-order valence-corrected chi connectivity index (χ1v) is 12.2. The van der Waals surface area contributed by atoms with Gasteiger partial charge in [0.25, 0.3) is 11.8 Å². The number of aromatic nitrogens is 2. The van der Waals surface area contributed by atoms with Gasteiger partial charge in [0.1, 0.15) is 5.75 Å². The summed E-state index contributed by atoms with van der Waals surface area (Å²) in [5.41, 5.74) is -0.379. The lowest BCUT2D eigenvalue weighted by atomic mass is 10.0. The second-order valence-corrected chi connectivity index (χ2v) is 9.43. The van der Waals surface area contributed by atoms with Gasteiger partial charge in [-0.2, -0.15) is 13.2 Å². The molecule has 2 aromatic heterocycles. The average molecular weight is 518 g/mol. The van der Waals surface area contributed by atoms with Crippen LogP contribution >= 0.6 is 11.3 Å². The van der Waals surface area contributed by atoms with Crippen LogP contribution in [0.4, 0.5) is 13.2 Å². The third kappa shape index (κ3) is 5.19. The van der Waals surface area contributed by atoms with E-state index in [-0.39, 0.29) is 29.5 Å². The molecule has 188 valence electrons. The van der Waals surface area contributed by atoms with E-state index >= 15 is 0 Å². The second-order valence-electron chi connectivity index (χ2n) is 8.54. The van der Waals surface area contributed by atoms with E-state index in [0.29, 0.717) is 36.8 Å². The summed E-state index contributed by atoms with van der Waals surface area (Å²) in [6, 6.07) is 8.19. The Labute approximate surface area is 208 Å². The van der Waals surface area contributed by atoms with Crippen molar-refractivity contribution >= 4 is 23.2 Å². The standard InChI is InChI=1S/C24H22F3N5O3S/c25-24(26,27)17-5-6-28-20(13-17)35-19-3-1-16(2-4-19)22(33)32-14-18(15-32)30-8-10-31(11-9-30)23(34)21-29-7-12-36-21/h1-7,12-13,18H,8-11,14-15H2. The topological polar surface area (TPSA) is 78.9 Å². The van der Waals surface area contributed by atoms with E-state index in [1.54, 1.807) is 28.6 Å². The van der Waals surface area contributed by atoms with Crippen LogP contribution in [-0.4, -0.2) is 81.8 Å². The number of hydrogen-bond donors (Lipinski definition) is 0. The van der Waals surface area contributed by atoms with Gasteiger partial charge in [-0.3, -0.25) is 14.5 Å². The SMILES string of the molecule is O=C(c1ccc(Oc2cc(C(F)(F)F)ccn2)cc1)N1CC(N2CCN(C(=O)c3nccs3)CC2)C1. The van der Waals surface area contributed by atoms with Gasteiger partial charge in [0.2, 0.25) is 5.88 Å². The normalized spacial score (nSPS) is 17.1. The highest BCUT2D eigenvalue weighted by molar-refractivity contribution is 7.11. The molecule has 0 bridgehead atoms. The lowest BCUT2D eigenvalue weighted by Crippen LogP contribution is -2.64. The molecule has 4 heterocycles. The van der Waals surface area contributed by atoms with Crippen LogP contribution in [0.15, 0.2) is 54.2 Å². The number of piperazine rings is 1. The van der Waals surface area contributed by atoms with Crippen LogP contribution in [0.3, 0.4) is 0 Å². The Bertz CT molecular complexity index is 1220. The Kier molecular flexibility index (Phi) is 6.63. The minimum atomic E-state index is -4.49. The molecule has 2 fully saturated rings. The molecule has 0 atom stereocenters. The Morgan fingerprint density at radius 1 is 0.917 bits per heavy atom. The average Bonchev–Trinajstić information content (AvgIpc) is 3.38. The van der Waals surface area contributed by atoms with E-state index < -0.39 is 11.7 Å². The van der Waals surface area contributed by atoms with Crippen LogP contribution in [0, 0.1) is 0 Å². The van der Waals surface area contributed by atoms with Crippen LogP contribution < -0.4 is 4.74 Å². The molecule has 0 aliphatic carbocycles. The monoisotopic (exact) mass is 517 g/mol. The summed E-state index contributed by atoms with van der Waals surface area (Å²) in [5.74, 6) is -0.0492. The highest BCUT2D eigenvalue weighted by atomic mass is 32.1. The maximum atomic E-state index is 12.9. The van der Waals surface area contributed by atoms with E-state index in [9.17, 15) is 22.8 Å². The molecule has 2 aliphatic heterocycles. The van der Waals surface area contributed by atoms with E-state index in [2.05, 4.69) is 14.9 Å². The number of ether oxygens (including phenoxy) is 1. The van der Waals surface area contributed by atoms with Crippen LogP contribution in [0.2, 0.25) is 0 Å². The van der Waals surface area contributed by atoms with Crippen LogP contribution in [-0.2, 0) is 6.18 Å². The Morgan fingerprint density at radius 3 is 2.28 bits per heavy atom. The van der Waals surface area contributed by atoms with Gasteiger partial charge < -0.3 is 14.5 Å². The number of pyridine rings is 1. The molecule has 2 aliphatic rings. The molecule has 2 amide bonds. The zero-order valence-corrected chi connectivity index (χ0v) is 19.8. The Balaban J connectivity index is 1.10. The zero-order chi connectivity index (χ0) is 25.3. The van der Waals surface area contributed by atoms with Crippen molar-refractivity contribution in [2.75, 3.05) is 39.3 Å². The molecule has 12 heteroatoms. The number of rotatable bonds is 5. The summed E-state index contributed by atoms with van der Waals surface area (Å²) < 4.78 is 44.0. The fourth-order valence-corrected chi connectivity index (χ4v) is 4.82. The molecule has 0 radical (unpaired) electrons. The molecular weight excluding hydrogens is 495 g/mol. The summed E-state index contributed by atoms with van der Waals surface area (Å²) in [4.78, 5) is 39.0. The maximum Gasteiger partial charge on any atom is 0.416 e. The van der Waals surface area contributed by atoms with Gasteiger partial charge in [0.05, 0.1) is 5.56 Å². The lowest BCUT2D eigenvalue weighted by molar-refractivity contribution is -0.137. The Morgan fingerprint density at radius 2 is 1.64 bits per heavy atom. The van der Waals surface area contributed by atoms with Crippen LogP contribution in [0.25, 0.3) is 0 Å². The van der Waals surface area contributed by atoms with Gasteiger partial charge in [0.15, 0.2) is 5.01 Å². The predicted octanol–water partition coefficient (Wildman–Crippen LogP) is 3.63. The molecule has 0 saturated carbocycles. The van der Waals surface area contributed by atoms with Crippen molar-refractivity contribution in [1.29, 1.82) is 0 Å². The van der Waals surface area contributed by atoms with Crippen molar-refractivity contribution in [2.24, 2.45) is 0 Å². The van der Waals surface area contributed by atoms with Gasteiger partial charge in [-0.1, -0.05) is 0 Å². The molecule has 0 unspecified atom stereocenters. The highest BCUT2D eigenvalue weighted by Crippen LogP contribution is 2.31. The van der Waals surface area contributed by atoms with E-state index in [4.69, 9.17) is 4.74 Å². The molecule has 5 rings (SSSR count). The van der Waals surface area contributed by atoms with Gasteiger partial charge >= 0.3 is 6.18 Å². The summed E-state index contributed by atoms with van der Waals surface area (Å²) in [6.45, 7) is 3.96. The zero-order valence-electron chi connectivity index (χ0n) is 19.0. The maximum absolute atomic E-state index is 12.9. The number of carbonyl (C=O) groups is 2. The summed E-state index contributed by atoms with van der Waals surface area (Å²) >= 11 is 1.34. The Hall–Kier alpha value is -3.51. The quantitative estimate of drug-likeness (QED) is 0.515. The minimum Gasteiger partial charge on any atom is -0.439 e. The fraction of sp³-hybridized carbons (Fsp3) is 0.333. The van der Waals surface area contributed by atoms with E-state index in [0.717, 1.165) is 31.4 Å². The molecule has 1 aromatic carbocycles. The molecule has 0 N–H and O–H groups in total. The fourth-order valence-electron chi connectivity index (χ4n) is 4.22. The summed E-state index contributed by atoms with van der Waals surface area (Å²) in [5, 5.41) is 2.30. The molecule has 0 spiro atoms. The number of alkyl halides is 3. The molecule has 36 heavy (non-hydrogen) atoms. The van der Waals surface area contributed by atoms with Crippen molar-refractivity contribution in [2.45, 2.75) is 12.2 Å². The number of nitrogens with zero attached hydrogens (tertiary/aromatic N) is 5. The number of likely N-dealkylation sites (tertiary alicyclic amines) is 1. The smallest absolute Gasteiger partial charge is 0.416 e. The second kappa shape index (κ2) is 9.86. The van der Waals surface area contributed by atoms with Crippen molar-refractivity contribution in [3.63, 3.8) is 0 Å². The largest absolute Gasteiger partial charge is 0.439 e. The van der Waals surface area contributed by atoms with Crippen molar-refractivity contribution in [3.8, 4) is 11.6 Å². The number of hydrogen-bond acceptors (Lipinski definition) is 7. The molecule has 8 nitrogen and oxygen atoms in total. The van der Waals surface area contributed by atoms with Gasteiger partial charge in [-0.25, -0.2) is 9.97 Å². The predicted molar refractivity (Wildman–Crippen MR) is 125 cm³/mol. The first-order valence-electron chi connectivity index (χ1n) is 11.3. The molecule has 3 aromatic rings. The van der Waals surface area contributed by atoms with Gasteiger partial charge in [-0.05, 0) is 30.3 Å².